The quantitative estimate of drug-likeness (QED) is 0.206. The van der Waals surface area contributed by atoms with Gasteiger partial charge in [0, 0.05) is 15.2 Å². The number of hydrogen-bond donors (Lipinski definition) is 4. The maximum absolute atomic E-state index is 11.0. The number of ether oxygens (including phenoxy) is 1. The summed E-state index contributed by atoms with van der Waals surface area (Å²) in [5, 5.41) is 29.3. The highest BCUT2D eigenvalue weighted by atomic mass is 127. The maximum Gasteiger partial charge on any atom is 0.267 e. The molecule has 0 aliphatic carbocycles. The second-order valence-electron chi connectivity index (χ2n) is 5.57. The van der Waals surface area contributed by atoms with Crippen molar-refractivity contribution in [1.29, 1.82) is 0 Å². The number of carbonyl (C=O) groups is 1. The molecule has 0 saturated carbocycles. The number of halogens is 1. The molecule has 0 spiro atoms. The van der Waals surface area contributed by atoms with Crippen molar-refractivity contribution in [2.75, 3.05) is 0 Å². The summed E-state index contributed by atoms with van der Waals surface area (Å²) in [5.74, 6) is -0.0325. The van der Waals surface area contributed by atoms with Crippen LogP contribution in [-0.2, 0) is 4.79 Å². The third-order valence-electron chi connectivity index (χ3n) is 3.69. The number of nitrogens with one attached hydrogen (secondary N) is 1. The molecule has 2 aromatic rings. The van der Waals surface area contributed by atoms with Crippen LogP contribution in [0.5, 0.6) is 11.5 Å². The number of allylic oxidation sites excluding steroid dienone is 1. The zero-order chi connectivity index (χ0) is 18.9. The molecule has 0 saturated heterocycles. The minimum Gasteiger partial charge on any atom is -0.508 e. The molecule has 2 rings (SSSR count). The topological polar surface area (TPSA) is 99.0 Å². The van der Waals surface area contributed by atoms with Gasteiger partial charge in [0.25, 0.3) is 5.91 Å². The summed E-state index contributed by atoms with van der Waals surface area (Å²) in [6.07, 6.45) is 1.93. The summed E-state index contributed by atoms with van der Waals surface area (Å²) in [6, 6.07) is 14.1. The van der Waals surface area contributed by atoms with Crippen molar-refractivity contribution in [2.45, 2.75) is 25.0 Å². The number of aliphatic hydroxyl groups is 1. The monoisotopic (exact) mass is 469 g/mol. The lowest BCUT2D eigenvalue weighted by atomic mass is 9.99. The second kappa shape index (κ2) is 10.1. The number of hydrogen-bond acceptors (Lipinski definition) is 5. The summed E-state index contributed by atoms with van der Waals surface area (Å²) in [7, 11) is 0. The van der Waals surface area contributed by atoms with Gasteiger partial charge in [0.05, 0.1) is 0 Å². The minimum absolute atomic E-state index is 0.00484. The fourth-order valence-corrected chi connectivity index (χ4v) is 2.92. The Balaban J connectivity index is 2.17. The molecule has 7 heteroatoms. The van der Waals surface area contributed by atoms with Gasteiger partial charge >= 0.3 is 0 Å². The van der Waals surface area contributed by atoms with Crippen LogP contribution >= 0.6 is 22.6 Å². The summed E-state index contributed by atoms with van der Waals surface area (Å²) >= 11 is 2.11. The highest BCUT2D eigenvalue weighted by Crippen LogP contribution is 2.31. The zero-order valence-electron chi connectivity index (χ0n) is 13.9. The SMILES string of the molecule is O=C(/C=C/CC[C@@H](Oc1ccccc1)[C@H](O)c1cc(I)ccc1O)NO. The first kappa shape index (κ1) is 20.2. The van der Waals surface area contributed by atoms with Crippen molar-refractivity contribution < 1.29 is 25.0 Å². The molecule has 0 aromatic heterocycles. The van der Waals surface area contributed by atoms with Gasteiger partial charge in [0.1, 0.15) is 23.7 Å². The number of benzene rings is 2. The lowest BCUT2D eigenvalue weighted by Gasteiger charge is -2.25. The van der Waals surface area contributed by atoms with Crippen LogP contribution in [0.4, 0.5) is 0 Å². The minimum atomic E-state index is -1.05. The molecular weight excluding hydrogens is 449 g/mol. The van der Waals surface area contributed by atoms with Crippen LogP contribution in [0, 0.1) is 3.57 Å². The Hall–Kier alpha value is -2.10. The van der Waals surface area contributed by atoms with E-state index in [-0.39, 0.29) is 5.75 Å². The molecule has 2 aromatic carbocycles. The van der Waals surface area contributed by atoms with E-state index in [1.165, 1.54) is 17.6 Å². The van der Waals surface area contributed by atoms with E-state index >= 15 is 0 Å². The van der Waals surface area contributed by atoms with Crippen LogP contribution in [0.25, 0.3) is 0 Å². The van der Waals surface area contributed by atoms with Crippen molar-refractivity contribution in [3.8, 4) is 11.5 Å². The van der Waals surface area contributed by atoms with Gasteiger partial charge in [-0.05, 0) is 65.8 Å². The third kappa shape index (κ3) is 6.01. The van der Waals surface area contributed by atoms with E-state index in [0.29, 0.717) is 24.2 Å². The van der Waals surface area contributed by atoms with E-state index in [1.807, 2.05) is 18.2 Å². The van der Waals surface area contributed by atoms with Crippen LogP contribution in [0.2, 0.25) is 0 Å². The van der Waals surface area contributed by atoms with E-state index < -0.39 is 18.1 Å². The van der Waals surface area contributed by atoms with E-state index in [4.69, 9.17) is 9.94 Å². The van der Waals surface area contributed by atoms with Crippen molar-refractivity contribution in [1.82, 2.24) is 5.48 Å². The van der Waals surface area contributed by atoms with Gasteiger partial charge < -0.3 is 14.9 Å². The molecule has 26 heavy (non-hydrogen) atoms. The summed E-state index contributed by atoms with van der Waals surface area (Å²) in [6.45, 7) is 0. The fraction of sp³-hybridized carbons (Fsp3) is 0.211. The average molecular weight is 469 g/mol. The lowest BCUT2D eigenvalue weighted by molar-refractivity contribution is -0.124. The Labute approximate surface area is 165 Å². The Kier molecular flexibility index (Phi) is 7.89. The molecule has 4 N–H and O–H groups in total. The number of hydroxylamine groups is 1. The third-order valence-corrected chi connectivity index (χ3v) is 4.36. The summed E-state index contributed by atoms with van der Waals surface area (Å²) in [5.41, 5.74) is 1.90. The first-order chi connectivity index (χ1) is 12.5. The van der Waals surface area contributed by atoms with E-state index in [2.05, 4.69) is 22.6 Å². The highest BCUT2D eigenvalue weighted by molar-refractivity contribution is 14.1. The van der Waals surface area contributed by atoms with Gasteiger partial charge in [-0.25, -0.2) is 5.48 Å². The molecule has 0 unspecified atom stereocenters. The number of phenolic OH excluding ortho intramolecular Hbond substituents is 1. The molecule has 0 fully saturated rings. The Morgan fingerprint density at radius 2 is 1.96 bits per heavy atom. The molecule has 0 aliphatic rings. The first-order valence-corrected chi connectivity index (χ1v) is 9.08. The van der Waals surface area contributed by atoms with Crippen molar-refractivity contribution in [2.24, 2.45) is 0 Å². The molecule has 0 radical (unpaired) electrons. The second-order valence-corrected chi connectivity index (χ2v) is 6.82. The van der Waals surface area contributed by atoms with Gasteiger partial charge in [-0.3, -0.25) is 10.0 Å². The van der Waals surface area contributed by atoms with E-state index in [9.17, 15) is 15.0 Å². The van der Waals surface area contributed by atoms with Gasteiger partial charge in [0.15, 0.2) is 0 Å². The molecule has 6 nitrogen and oxygen atoms in total. The lowest BCUT2D eigenvalue weighted by Crippen LogP contribution is -2.25. The number of aromatic hydroxyl groups is 1. The number of rotatable bonds is 8. The predicted octanol–water partition coefficient (Wildman–Crippen LogP) is 3.32. The van der Waals surface area contributed by atoms with E-state index in [0.717, 1.165) is 3.57 Å². The molecule has 138 valence electrons. The molecule has 0 aliphatic heterocycles. The molecule has 2 atom stereocenters. The number of amides is 1. The van der Waals surface area contributed by atoms with Crippen molar-refractivity contribution in [3.63, 3.8) is 0 Å². The van der Waals surface area contributed by atoms with Gasteiger partial charge in [0.2, 0.25) is 0 Å². The maximum atomic E-state index is 11.0. The van der Waals surface area contributed by atoms with Gasteiger partial charge in [-0.1, -0.05) is 24.3 Å². The first-order valence-electron chi connectivity index (χ1n) is 8.00. The normalized spacial score (nSPS) is 13.3. The zero-order valence-corrected chi connectivity index (χ0v) is 16.0. The van der Waals surface area contributed by atoms with Gasteiger partial charge in [-0.15, -0.1) is 0 Å². The molecule has 0 bridgehead atoms. The number of aliphatic hydroxyl groups excluding tert-OH is 1. The molecule has 0 heterocycles. The Morgan fingerprint density at radius 3 is 2.65 bits per heavy atom. The predicted molar refractivity (Wildman–Crippen MR) is 105 cm³/mol. The molecular formula is C19H20INO5. The average Bonchev–Trinajstić information content (AvgIpc) is 2.66. The van der Waals surface area contributed by atoms with Crippen LogP contribution in [0.1, 0.15) is 24.5 Å². The smallest absolute Gasteiger partial charge is 0.267 e. The number of phenols is 1. The largest absolute Gasteiger partial charge is 0.508 e. The van der Waals surface area contributed by atoms with Crippen LogP contribution in [0.3, 0.4) is 0 Å². The van der Waals surface area contributed by atoms with Crippen LogP contribution < -0.4 is 10.2 Å². The number of para-hydroxylation sites is 1. The standard InChI is InChI=1S/C19H20INO5/c20-13-10-11-16(22)15(12-13)19(24)17(8-4-5-9-18(23)21-25)26-14-6-2-1-3-7-14/h1-3,5-7,9-12,17,19,22,24-25H,4,8H2,(H,21,23)/b9-5+/t17-,19-/m1/s1. The van der Waals surface area contributed by atoms with Crippen molar-refractivity contribution in [3.05, 3.63) is 69.8 Å². The van der Waals surface area contributed by atoms with Crippen molar-refractivity contribution >= 4 is 28.5 Å². The highest BCUT2D eigenvalue weighted by Gasteiger charge is 2.25. The Morgan fingerprint density at radius 1 is 1.23 bits per heavy atom. The van der Waals surface area contributed by atoms with E-state index in [1.54, 1.807) is 30.3 Å². The van der Waals surface area contributed by atoms with Crippen LogP contribution in [0.15, 0.2) is 60.7 Å². The molecule has 1 amide bonds. The number of carbonyl (C=O) groups excluding carboxylic acids is 1. The summed E-state index contributed by atoms with van der Waals surface area (Å²) in [4.78, 5) is 11.0. The fourth-order valence-electron chi connectivity index (χ4n) is 2.41. The van der Waals surface area contributed by atoms with Gasteiger partial charge in [-0.2, -0.15) is 0 Å². The van der Waals surface area contributed by atoms with Crippen LogP contribution in [-0.4, -0.2) is 27.4 Å². The Bertz CT molecular complexity index is 751. The summed E-state index contributed by atoms with van der Waals surface area (Å²) < 4.78 is 6.79.